The third-order valence-corrected chi connectivity index (χ3v) is 10.9. The van der Waals surface area contributed by atoms with E-state index in [0.717, 1.165) is 24.8 Å². The van der Waals surface area contributed by atoms with Crippen LogP contribution in [0.15, 0.2) is 53.2 Å². The summed E-state index contributed by atoms with van der Waals surface area (Å²) in [4.78, 5) is 36.2. The van der Waals surface area contributed by atoms with Crippen LogP contribution in [0.25, 0.3) is 39.0 Å². The van der Waals surface area contributed by atoms with Gasteiger partial charge in [0.05, 0.1) is 10.9 Å². The lowest BCUT2D eigenvalue weighted by molar-refractivity contribution is -0.125. The maximum atomic E-state index is 16.8. The minimum atomic E-state index is -3.28. The van der Waals surface area contributed by atoms with Crippen LogP contribution in [0.4, 0.5) is 23.4 Å². The van der Waals surface area contributed by atoms with Crippen LogP contribution in [-0.2, 0) is 10.7 Å². The topological polar surface area (TPSA) is 114 Å². The van der Waals surface area contributed by atoms with Crippen molar-refractivity contribution in [3.8, 4) is 17.3 Å². The molecule has 8 rings (SSSR count). The average Bonchev–Trinajstić information content (AvgIpc) is 3.94. The molecule has 3 saturated heterocycles. The Labute approximate surface area is 306 Å². The number of rotatable bonds is 9. The van der Waals surface area contributed by atoms with Crippen molar-refractivity contribution in [1.29, 1.82) is 0 Å². The zero-order chi connectivity index (χ0) is 37.1. The lowest BCUT2D eigenvalue weighted by atomic mass is 9.95. The molecule has 3 aliphatic heterocycles. The number of fused-ring (bicyclic) bond motifs is 3. The summed E-state index contributed by atoms with van der Waals surface area (Å²) in [5.74, 6) is -4.99. The Bertz CT molecular complexity index is 2240. The summed E-state index contributed by atoms with van der Waals surface area (Å²) in [5, 5.41) is 5.53. The average molecular weight is 751 g/mol. The molecule has 0 spiro atoms. The number of nitrogens with zero attached hydrogens (tertiary/aromatic N) is 8. The first kappa shape index (κ1) is 35.2. The van der Waals surface area contributed by atoms with E-state index in [0.29, 0.717) is 60.0 Å². The summed E-state index contributed by atoms with van der Waals surface area (Å²) < 4.78 is 69.5. The van der Waals surface area contributed by atoms with Crippen LogP contribution >= 0.6 is 11.6 Å². The van der Waals surface area contributed by atoms with Gasteiger partial charge in [-0.25, -0.2) is 8.78 Å². The van der Waals surface area contributed by atoms with Gasteiger partial charge in [-0.3, -0.25) is 14.7 Å². The molecule has 0 radical (unpaired) electrons. The lowest BCUT2D eigenvalue weighted by Gasteiger charge is -2.31. The molecule has 1 amide bonds. The molecule has 0 bridgehead atoms. The number of likely N-dealkylation sites (N-methyl/N-ethyl adjacent to an activating group) is 1. The molecule has 3 fully saturated rings. The van der Waals surface area contributed by atoms with E-state index in [9.17, 15) is 18.0 Å². The number of hydrogen-bond acceptors (Lipinski definition) is 10. The number of benzene rings is 2. The van der Waals surface area contributed by atoms with Crippen LogP contribution in [0.3, 0.4) is 0 Å². The number of likely N-dealkylation sites (tertiary alicyclic amines) is 1. The van der Waals surface area contributed by atoms with E-state index < -0.39 is 29.3 Å². The van der Waals surface area contributed by atoms with Gasteiger partial charge in [0, 0.05) is 80.4 Å². The highest BCUT2D eigenvalue weighted by molar-refractivity contribution is 6.36. The fourth-order valence-corrected chi connectivity index (χ4v) is 8.13. The van der Waals surface area contributed by atoms with E-state index in [1.807, 2.05) is 29.2 Å². The molecule has 6 heterocycles. The summed E-state index contributed by atoms with van der Waals surface area (Å²) in [7, 11) is 1.79. The van der Waals surface area contributed by atoms with Crippen LogP contribution in [0, 0.1) is 5.82 Å². The molecule has 5 aromatic rings. The third-order valence-electron chi connectivity index (χ3n) is 10.5. The molecular weight excluding hydrogens is 716 g/mol. The van der Waals surface area contributed by atoms with Gasteiger partial charge in [-0.15, -0.1) is 0 Å². The van der Waals surface area contributed by atoms with Crippen LogP contribution in [0.5, 0.6) is 6.01 Å². The molecular formula is C37H35ClF4N8O3. The molecule has 16 heteroatoms. The lowest BCUT2D eigenvalue weighted by Crippen LogP contribution is -2.43. The second-order valence-electron chi connectivity index (χ2n) is 14.0. The van der Waals surface area contributed by atoms with Gasteiger partial charge < -0.3 is 19.1 Å². The van der Waals surface area contributed by atoms with Crippen LogP contribution in [0.1, 0.15) is 44.3 Å². The standard InChI is InChI=1S/C37H35ClF4N8O3/c1-36(41,42)34-44-27(53-47-34)10-11-28(51)49-15-12-23(19-49)48(2)33-25-17-43-31(24-8-3-6-21-7-4-9-26(38)29(21)24)30(40)32(25)45-35(46-33)52-20-37-13-5-14-50(37)18-22(39)16-37/h3-4,6-11,17,22-23H,5,12-16,18-20H2,1-2H3/b11-10+/t22-,23-,37+/m1/s1. The van der Waals surface area contributed by atoms with Gasteiger partial charge in [0.1, 0.15) is 29.8 Å². The summed E-state index contributed by atoms with van der Waals surface area (Å²) in [5.41, 5.74) is 0.0754. The molecule has 0 unspecified atom stereocenters. The van der Waals surface area contributed by atoms with E-state index >= 15 is 4.39 Å². The third kappa shape index (κ3) is 6.54. The van der Waals surface area contributed by atoms with Crippen molar-refractivity contribution in [2.75, 3.05) is 44.7 Å². The largest absolute Gasteiger partial charge is 0.461 e. The zero-order valence-electron chi connectivity index (χ0n) is 28.9. The maximum Gasteiger partial charge on any atom is 0.319 e. The Morgan fingerprint density at radius 3 is 2.77 bits per heavy atom. The zero-order valence-corrected chi connectivity index (χ0v) is 29.7. The van der Waals surface area contributed by atoms with Gasteiger partial charge in [-0.2, -0.15) is 23.7 Å². The van der Waals surface area contributed by atoms with E-state index in [1.165, 1.54) is 18.3 Å². The van der Waals surface area contributed by atoms with Gasteiger partial charge >= 0.3 is 11.9 Å². The molecule has 3 aliphatic rings. The highest BCUT2D eigenvalue weighted by Gasteiger charge is 2.49. The Morgan fingerprint density at radius 2 is 1.98 bits per heavy atom. The normalized spacial score (nSPS) is 22.1. The Hall–Kier alpha value is -4.89. The predicted molar refractivity (Wildman–Crippen MR) is 190 cm³/mol. The Morgan fingerprint density at radius 1 is 1.17 bits per heavy atom. The summed E-state index contributed by atoms with van der Waals surface area (Å²) in [6.45, 7) is 2.59. The molecule has 0 saturated carbocycles. The number of aromatic nitrogens is 5. The highest BCUT2D eigenvalue weighted by Crippen LogP contribution is 2.41. The fourth-order valence-electron chi connectivity index (χ4n) is 7.84. The number of halogens is 5. The van der Waals surface area contributed by atoms with Crippen molar-refractivity contribution in [2.45, 2.75) is 56.3 Å². The number of ether oxygens (including phenoxy) is 1. The van der Waals surface area contributed by atoms with Gasteiger partial charge in [-0.05, 0) is 37.3 Å². The maximum absolute atomic E-state index is 16.8. The summed E-state index contributed by atoms with van der Waals surface area (Å²) in [6, 6.07) is 10.6. The van der Waals surface area contributed by atoms with Crippen LogP contribution in [-0.4, -0.2) is 98.4 Å². The van der Waals surface area contributed by atoms with Crippen molar-refractivity contribution in [1.82, 2.24) is 34.9 Å². The smallest absolute Gasteiger partial charge is 0.319 e. The molecule has 2 aromatic carbocycles. The van der Waals surface area contributed by atoms with Crippen molar-refractivity contribution < 1.29 is 31.6 Å². The van der Waals surface area contributed by atoms with E-state index in [1.54, 1.807) is 24.1 Å². The molecule has 0 aliphatic carbocycles. The second-order valence-corrected chi connectivity index (χ2v) is 14.4. The summed E-state index contributed by atoms with van der Waals surface area (Å²) in [6.07, 6.45) is 5.55. The first-order valence-corrected chi connectivity index (χ1v) is 17.8. The number of amides is 1. The van der Waals surface area contributed by atoms with Gasteiger partial charge in [0.15, 0.2) is 5.82 Å². The minimum absolute atomic E-state index is 0.00748. The first-order valence-electron chi connectivity index (χ1n) is 17.4. The first-order chi connectivity index (χ1) is 25.4. The quantitative estimate of drug-likeness (QED) is 0.117. The van der Waals surface area contributed by atoms with Crippen LogP contribution < -0.4 is 9.64 Å². The molecule has 53 heavy (non-hydrogen) atoms. The van der Waals surface area contributed by atoms with Gasteiger partial charge in [0.25, 0.3) is 5.89 Å². The van der Waals surface area contributed by atoms with Gasteiger partial charge in [0.2, 0.25) is 11.7 Å². The highest BCUT2D eigenvalue weighted by atomic mass is 35.5. The number of alkyl halides is 3. The molecule has 276 valence electrons. The van der Waals surface area contributed by atoms with Crippen LogP contribution in [0.2, 0.25) is 5.02 Å². The molecule has 3 aromatic heterocycles. The van der Waals surface area contributed by atoms with E-state index in [-0.39, 0.29) is 48.2 Å². The number of carbonyl (C=O) groups is 1. The molecule has 0 N–H and O–H groups in total. The van der Waals surface area contributed by atoms with Crippen molar-refractivity contribution >= 4 is 51.1 Å². The monoisotopic (exact) mass is 750 g/mol. The SMILES string of the molecule is CN(c1nc(OC[C@@]23CCCN2C[C@H](F)C3)nc2c(F)c(-c3cccc4cccc(Cl)c34)ncc12)[C@@H]1CCN(C(=O)/C=C/c2nc(C(C)(F)F)no2)C1. The Kier molecular flexibility index (Phi) is 8.96. The predicted octanol–water partition coefficient (Wildman–Crippen LogP) is 6.84. The van der Waals surface area contributed by atoms with Crippen molar-refractivity contribution in [3.05, 3.63) is 71.2 Å². The minimum Gasteiger partial charge on any atom is -0.461 e. The number of carbonyl (C=O) groups excluding carboxylic acids is 1. The number of anilines is 1. The second kappa shape index (κ2) is 13.5. The Balaban J connectivity index is 1.11. The van der Waals surface area contributed by atoms with Crippen molar-refractivity contribution in [2.24, 2.45) is 0 Å². The fraction of sp³-hybridized carbons (Fsp3) is 0.405. The van der Waals surface area contributed by atoms with E-state index in [4.69, 9.17) is 25.8 Å². The number of hydrogen-bond donors (Lipinski definition) is 0. The molecule has 3 atom stereocenters. The van der Waals surface area contributed by atoms with E-state index in [2.05, 4.69) is 25.0 Å². The van der Waals surface area contributed by atoms with Crippen molar-refractivity contribution in [3.63, 3.8) is 0 Å². The number of pyridine rings is 1. The summed E-state index contributed by atoms with van der Waals surface area (Å²) >= 11 is 6.60. The van der Waals surface area contributed by atoms with Gasteiger partial charge in [-0.1, -0.05) is 47.1 Å². The molecule has 11 nitrogen and oxygen atoms in total.